The third-order valence-corrected chi connectivity index (χ3v) is 8.04. The van der Waals surface area contributed by atoms with Crippen LogP contribution in [0, 0.1) is 28.6 Å². The molecule has 0 amide bonds. The molecule has 4 rings (SSSR count). The molecular weight excluding hydrogens is 284 g/mol. The number of carbonyl (C=O) groups is 1. The number of fused-ring (bicyclic) bond motifs is 5. The van der Waals surface area contributed by atoms with E-state index in [9.17, 15) is 9.90 Å². The van der Waals surface area contributed by atoms with Crippen LogP contribution in [0.2, 0.25) is 0 Å². The lowest BCUT2D eigenvalue weighted by atomic mass is 9.47. The highest BCUT2D eigenvalue weighted by Gasteiger charge is 2.57. The Kier molecular flexibility index (Phi) is 3.43. The zero-order chi connectivity index (χ0) is 16.4. The lowest BCUT2D eigenvalue weighted by molar-refractivity contribution is -0.115. The molecule has 126 valence electrons. The minimum atomic E-state index is -0.128. The van der Waals surface area contributed by atoms with Gasteiger partial charge in [-0.05, 0) is 86.0 Å². The molecule has 2 heteroatoms. The molecular formula is C21H30O2. The fourth-order valence-corrected chi connectivity index (χ4v) is 6.75. The molecule has 0 aliphatic heterocycles. The van der Waals surface area contributed by atoms with Crippen LogP contribution in [0.25, 0.3) is 0 Å². The SMILES string of the molecule is CC(=O)C1=CC[C@@H]2[C@@H]3CC=C4C[C@@H](O)CC[C@]4(C)[C@H]3CC[C@]12C. The molecule has 0 aromatic rings. The van der Waals surface area contributed by atoms with Crippen molar-refractivity contribution in [2.24, 2.45) is 28.6 Å². The van der Waals surface area contributed by atoms with Gasteiger partial charge >= 0.3 is 0 Å². The Morgan fingerprint density at radius 3 is 2.57 bits per heavy atom. The minimum Gasteiger partial charge on any atom is -0.393 e. The summed E-state index contributed by atoms with van der Waals surface area (Å²) in [6.45, 7) is 6.55. The molecule has 2 fully saturated rings. The van der Waals surface area contributed by atoms with Gasteiger partial charge in [-0.3, -0.25) is 4.79 Å². The van der Waals surface area contributed by atoms with Gasteiger partial charge in [0.2, 0.25) is 0 Å². The van der Waals surface area contributed by atoms with Crippen LogP contribution < -0.4 is 0 Å². The maximum Gasteiger partial charge on any atom is 0.156 e. The molecule has 0 saturated heterocycles. The molecule has 0 heterocycles. The number of ketones is 1. The molecule has 4 aliphatic rings. The van der Waals surface area contributed by atoms with Gasteiger partial charge in [0.25, 0.3) is 0 Å². The molecule has 0 radical (unpaired) electrons. The Bertz CT molecular complexity index is 601. The van der Waals surface area contributed by atoms with Crippen molar-refractivity contribution in [1.29, 1.82) is 0 Å². The molecule has 2 nitrogen and oxygen atoms in total. The number of hydrogen-bond acceptors (Lipinski definition) is 2. The van der Waals surface area contributed by atoms with Gasteiger partial charge in [-0.25, -0.2) is 0 Å². The van der Waals surface area contributed by atoms with Crippen LogP contribution in [0.1, 0.15) is 65.7 Å². The predicted octanol–water partition coefficient (Wildman–Crippen LogP) is 4.44. The van der Waals surface area contributed by atoms with Gasteiger partial charge in [0.05, 0.1) is 6.10 Å². The van der Waals surface area contributed by atoms with Gasteiger partial charge in [0.1, 0.15) is 0 Å². The monoisotopic (exact) mass is 314 g/mol. The summed E-state index contributed by atoms with van der Waals surface area (Å²) in [6.07, 6.45) is 12.2. The Morgan fingerprint density at radius 1 is 1.09 bits per heavy atom. The first kappa shape index (κ1) is 15.6. The van der Waals surface area contributed by atoms with Gasteiger partial charge in [-0.1, -0.05) is 31.6 Å². The van der Waals surface area contributed by atoms with Crippen molar-refractivity contribution >= 4 is 5.78 Å². The lowest BCUT2D eigenvalue weighted by Gasteiger charge is -2.57. The van der Waals surface area contributed by atoms with E-state index in [1.54, 1.807) is 6.92 Å². The van der Waals surface area contributed by atoms with Crippen molar-refractivity contribution in [1.82, 2.24) is 0 Å². The van der Waals surface area contributed by atoms with E-state index in [2.05, 4.69) is 26.0 Å². The number of aliphatic hydroxyl groups is 1. The van der Waals surface area contributed by atoms with Crippen molar-refractivity contribution < 1.29 is 9.90 Å². The van der Waals surface area contributed by atoms with Crippen molar-refractivity contribution in [3.05, 3.63) is 23.3 Å². The molecule has 23 heavy (non-hydrogen) atoms. The standard InChI is InChI=1S/C21H30O2/c1-13(22)17-6-7-18-16-5-4-14-12-15(23)8-10-20(14,2)19(16)9-11-21(17,18)3/h4,6,15-16,18-19,23H,5,7-12H2,1-3H3/t15-,16-,18+,19-,20-,21+/m0/s1. The quantitative estimate of drug-likeness (QED) is 0.727. The molecule has 0 unspecified atom stereocenters. The number of aliphatic hydroxyl groups excluding tert-OH is 1. The van der Waals surface area contributed by atoms with E-state index >= 15 is 0 Å². The highest BCUT2D eigenvalue weighted by molar-refractivity contribution is 5.95. The first-order valence-electron chi connectivity index (χ1n) is 9.45. The largest absolute Gasteiger partial charge is 0.393 e. The van der Waals surface area contributed by atoms with Gasteiger partial charge in [-0.15, -0.1) is 0 Å². The number of carbonyl (C=O) groups excluding carboxylic acids is 1. The average molecular weight is 314 g/mol. The summed E-state index contributed by atoms with van der Waals surface area (Å²) in [5.74, 6) is 2.38. The molecule has 4 aliphatic carbocycles. The molecule has 0 bridgehead atoms. The third kappa shape index (κ3) is 2.06. The Morgan fingerprint density at radius 2 is 1.83 bits per heavy atom. The van der Waals surface area contributed by atoms with Crippen LogP contribution in [0.3, 0.4) is 0 Å². The number of Topliss-reactive ketones (excluding diaryl/α,β-unsaturated/α-hetero) is 1. The molecule has 2 saturated carbocycles. The number of hydrogen-bond donors (Lipinski definition) is 1. The molecule has 1 N–H and O–H groups in total. The van der Waals surface area contributed by atoms with E-state index in [-0.39, 0.29) is 17.3 Å². The lowest BCUT2D eigenvalue weighted by Crippen LogP contribution is -2.50. The van der Waals surface area contributed by atoms with Gasteiger partial charge in [0, 0.05) is 0 Å². The normalized spacial score (nSPS) is 48.7. The van der Waals surface area contributed by atoms with Crippen molar-refractivity contribution in [3.8, 4) is 0 Å². The predicted molar refractivity (Wildman–Crippen MR) is 91.9 cm³/mol. The van der Waals surface area contributed by atoms with Gasteiger partial charge < -0.3 is 5.11 Å². The topological polar surface area (TPSA) is 37.3 Å². The van der Waals surface area contributed by atoms with Crippen molar-refractivity contribution in [2.45, 2.75) is 71.8 Å². The summed E-state index contributed by atoms with van der Waals surface area (Å²) in [7, 11) is 0. The summed E-state index contributed by atoms with van der Waals surface area (Å²) in [5, 5.41) is 10.1. The van der Waals surface area contributed by atoms with Crippen LogP contribution in [-0.4, -0.2) is 17.0 Å². The van der Waals surface area contributed by atoms with Crippen LogP contribution in [0.15, 0.2) is 23.3 Å². The van der Waals surface area contributed by atoms with Crippen LogP contribution in [0.5, 0.6) is 0 Å². The second-order valence-corrected chi connectivity index (χ2v) is 9.02. The van der Waals surface area contributed by atoms with E-state index in [0.29, 0.717) is 17.3 Å². The second-order valence-electron chi connectivity index (χ2n) is 9.02. The first-order chi connectivity index (χ1) is 10.9. The maximum absolute atomic E-state index is 12.1. The van der Waals surface area contributed by atoms with Crippen molar-refractivity contribution in [3.63, 3.8) is 0 Å². The van der Waals surface area contributed by atoms with E-state index in [4.69, 9.17) is 0 Å². The summed E-state index contributed by atoms with van der Waals surface area (Å²) in [6, 6.07) is 0. The molecule has 0 aromatic heterocycles. The van der Waals surface area contributed by atoms with Crippen LogP contribution >= 0.6 is 0 Å². The van der Waals surface area contributed by atoms with Gasteiger partial charge in [-0.2, -0.15) is 0 Å². The number of allylic oxidation sites excluding steroid dienone is 3. The number of rotatable bonds is 1. The zero-order valence-corrected chi connectivity index (χ0v) is 14.8. The second kappa shape index (κ2) is 5.05. The first-order valence-corrected chi connectivity index (χ1v) is 9.45. The highest BCUT2D eigenvalue weighted by Crippen LogP contribution is 2.64. The van der Waals surface area contributed by atoms with Crippen LogP contribution in [-0.2, 0) is 4.79 Å². The summed E-state index contributed by atoms with van der Waals surface area (Å²) < 4.78 is 0. The average Bonchev–Trinajstić information content (AvgIpc) is 2.85. The fraction of sp³-hybridized carbons (Fsp3) is 0.762. The zero-order valence-electron chi connectivity index (χ0n) is 14.8. The van der Waals surface area contributed by atoms with E-state index in [1.165, 1.54) is 12.0 Å². The smallest absolute Gasteiger partial charge is 0.156 e. The fourth-order valence-electron chi connectivity index (χ4n) is 6.75. The van der Waals surface area contributed by atoms with Gasteiger partial charge in [0.15, 0.2) is 5.78 Å². The summed E-state index contributed by atoms with van der Waals surface area (Å²) >= 11 is 0. The van der Waals surface area contributed by atoms with E-state index in [1.807, 2.05) is 0 Å². The highest BCUT2D eigenvalue weighted by atomic mass is 16.3. The Hall–Kier alpha value is -0.890. The minimum absolute atomic E-state index is 0.114. The van der Waals surface area contributed by atoms with E-state index in [0.717, 1.165) is 50.0 Å². The third-order valence-electron chi connectivity index (χ3n) is 8.04. The van der Waals surface area contributed by atoms with Crippen LogP contribution in [0.4, 0.5) is 0 Å². The Labute approximate surface area is 140 Å². The Balaban J connectivity index is 1.67. The van der Waals surface area contributed by atoms with Crippen molar-refractivity contribution in [2.75, 3.05) is 0 Å². The molecule has 6 atom stereocenters. The maximum atomic E-state index is 12.1. The summed E-state index contributed by atoms with van der Waals surface area (Å²) in [5.41, 5.74) is 3.05. The molecule has 0 spiro atoms. The molecule has 0 aromatic carbocycles. The van der Waals surface area contributed by atoms with E-state index < -0.39 is 0 Å². The summed E-state index contributed by atoms with van der Waals surface area (Å²) in [4.78, 5) is 12.1.